The maximum Gasteiger partial charge on any atom is 0.340 e. The van der Waals surface area contributed by atoms with Crippen LogP contribution >= 0.6 is 15.9 Å². The summed E-state index contributed by atoms with van der Waals surface area (Å²) in [6.45, 7) is 1.99. The molecule has 0 aliphatic rings. The highest BCUT2D eigenvalue weighted by Crippen LogP contribution is 2.28. The summed E-state index contributed by atoms with van der Waals surface area (Å²) in [4.78, 5) is 11.8. The zero-order valence-corrected chi connectivity index (χ0v) is 12.9. The predicted octanol–water partition coefficient (Wildman–Crippen LogP) is 4.09. The molecule has 0 fully saturated rings. The van der Waals surface area contributed by atoms with E-state index in [0.717, 1.165) is 0 Å². The lowest BCUT2D eigenvalue weighted by molar-refractivity contribution is 0.0527. The van der Waals surface area contributed by atoms with Gasteiger partial charge in [-0.1, -0.05) is 0 Å². The molecule has 0 aromatic heterocycles. The molecule has 0 saturated heterocycles. The van der Waals surface area contributed by atoms with Gasteiger partial charge in [-0.15, -0.1) is 0 Å². The van der Waals surface area contributed by atoms with Crippen LogP contribution in [0.25, 0.3) is 0 Å². The highest BCUT2D eigenvalue weighted by atomic mass is 79.9. The maximum absolute atomic E-state index is 13.3. The molecule has 2 rings (SSSR count). The van der Waals surface area contributed by atoms with Crippen LogP contribution in [0.15, 0.2) is 40.9 Å². The molecule has 2 aromatic rings. The first-order valence-corrected chi connectivity index (χ1v) is 7.09. The number of nitrogens with one attached hydrogen (secondary N) is 1. The molecular formula is C15H14BrFN2O2. The van der Waals surface area contributed by atoms with Gasteiger partial charge < -0.3 is 15.8 Å². The molecule has 0 bridgehead atoms. The minimum atomic E-state index is -0.489. The van der Waals surface area contributed by atoms with Crippen LogP contribution in [0.5, 0.6) is 0 Å². The van der Waals surface area contributed by atoms with Gasteiger partial charge in [0.2, 0.25) is 0 Å². The molecule has 110 valence electrons. The fraction of sp³-hybridized carbons (Fsp3) is 0.133. The number of ether oxygens (including phenoxy) is 1. The highest BCUT2D eigenvalue weighted by molar-refractivity contribution is 9.10. The number of carbonyl (C=O) groups excluding carboxylic acids is 1. The third-order valence-corrected chi connectivity index (χ3v) is 3.45. The van der Waals surface area contributed by atoms with Crippen LogP contribution in [0.2, 0.25) is 0 Å². The number of nitrogens with two attached hydrogens (primary N) is 1. The van der Waals surface area contributed by atoms with Gasteiger partial charge in [-0.3, -0.25) is 0 Å². The smallest absolute Gasteiger partial charge is 0.340 e. The average Bonchev–Trinajstić information content (AvgIpc) is 2.45. The Morgan fingerprint density at radius 3 is 2.81 bits per heavy atom. The zero-order valence-electron chi connectivity index (χ0n) is 11.3. The predicted molar refractivity (Wildman–Crippen MR) is 84.2 cm³/mol. The van der Waals surface area contributed by atoms with E-state index in [1.165, 1.54) is 12.1 Å². The van der Waals surface area contributed by atoms with Gasteiger partial charge in [0, 0.05) is 15.8 Å². The Morgan fingerprint density at radius 2 is 2.10 bits per heavy atom. The first-order valence-electron chi connectivity index (χ1n) is 6.30. The molecule has 0 spiro atoms. The number of hydrogen-bond acceptors (Lipinski definition) is 4. The number of carbonyl (C=O) groups is 1. The van der Waals surface area contributed by atoms with Crippen molar-refractivity contribution in [2.45, 2.75) is 6.92 Å². The van der Waals surface area contributed by atoms with Crippen LogP contribution in [-0.2, 0) is 4.74 Å². The second-order valence-electron chi connectivity index (χ2n) is 4.27. The fourth-order valence-corrected chi connectivity index (χ4v) is 2.11. The lowest BCUT2D eigenvalue weighted by atomic mass is 10.1. The van der Waals surface area contributed by atoms with E-state index in [2.05, 4.69) is 21.2 Å². The minimum Gasteiger partial charge on any atom is -0.462 e. The van der Waals surface area contributed by atoms with E-state index >= 15 is 0 Å². The monoisotopic (exact) mass is 352 g/mol. The summed E-state index contributed by atoms with van der Waals surface area (Å²) in [5.41, 5.74) is 7.53. The molecular weight excluding hydrogens is 339 g/mol. The van der Waals surface area contributed by atoms with Crippen molar-refractivity contribution in [2.24, 2.45) is 0 Å². The summed E-state index contributed by atoms with van der Waals surface area (Å²) in [5, 5.41) is 3.03. The second-order valence-corrected chi connectivity index (χ2v) is 5.13. The van der Waals surface area contributed by atoms with Crippen LogP contribution in [-0.4, -0.2) is 12.6 Å². The van der Waals surface area contributed by atoms with Crippen LogP contribution in [0.3, 0.4) is 0 Å². The van der Waals surface area contributed by atoms with E-state index < -0.39 is 5.97 Å². The Bertz CT molecular complexity index is 677. The summed E-state index contributed by atoms with van der Waals surface area (Å²) < 4.78 is 18.9. The van der Waals surface area contributed by atoms with Crippen molar-refractivity contribution in [3.05, 3.63) is 52.3 Å². The van der Waals surface area contributed by atoms with E-state index in [0.29, 0.717) is 21.5 Å². The third kappa shape index (κ3) is 3.72. The molecule has 0 aliphatic carbocycles. The molecule has 4 nitrogen and oxygen atoms in total. The van der Waals surface area contributed by atoms with Crippen LogP contribution in [0.4, 0.5) is 21.5 Å². The van der Waals surface area contributed by atoms with Gasteiger partial charge in [0.25, 0.3) is 0 Å². The Kier molecular flexibility index (Phi) is 4.80. The zero-order chi connectivity index (χ0) is 15.4. The van der Waals surface area contributed by atoms with Crippen LogP contribution in [0.1, 0.15) is 17.3 Å². The number of rotatable bonds is 4. The van der Waals surface area contributed by atoms with Crippen molar-refractivity contribution in [2.75, 3.05) is 17.7 Å². The molecule has 0 aliphatic heterocycles. The van der Waals surface area contributed by atoms with Crippen molar-refractivity contribution in [3.63, 3.8) is 0 Å². The largest absolute Gasteiger partial charge is 0.462 e. The van der Waals surface area contributed by atoms with Gasteiger partial charge in [-0.2, -0.15) is 0 Å². The number of benzene rings is 2. The number of anilines is 3. The lowest BCUT2D eigenvalue weighted by Crippen LogP contribution is -2.08. The topological polar surface area (TPSA) is 64.3 Å². The van der Waals surface area contributed by atoms with E-state index in [-0.39, 0.29) is 18.0 Å². The van der Waals surface area contributed by atoms with Gasteiger partial charge in [-0.25, -0.2) is 9.18 Å². The fourth-order valence-electron chi connectivity index (χ4n) is 1.77. The Balaban J connectivity index is 2.31. The molecule has 0 heterocycles. The molecule has 21 heavy (non-hydrogen) atoms. The number of hydrogen-bond donors (Lipinski definition) is 2. The molecule has 0 atom stereocenters. The van der Waals surface area contributed by atoms with Crippen molar-refractivity contribution in [3.8, 4) is 0 Å². The number of esters is 1. The van der Waals surface area contributed by atoms with Gasteiger partial charge in [0.05, 0.1) is 17.9 Å². The summed E-state index contributed by atoms with van der Waals surface area (Å²) in [7, 11) is 0. The standard InChI is InChI=1S/C15H14BrFN2O2/c1-2-21-15(20)11-8-10(4-6-13(11)18)19-14-7-9(17)3-5-12(14)16/h3-8,19H,2,18H2,1H3. The SMILES string of the molecule is CCOC(=O)c1cc(Nc2cc(F)ccc2Br)ccc1N. The van der Waals surface area contributed by atoms with Gasteiger partial charge in [-0.05, 0) is 59.3 Å². The molecule has 0 saturated carbocycles. The summed E-state index contributed by atoms with van der Waals surface area (Å²) >= 11 is 3.33. The van der Waals surface area contributed by atoms with Crippen molar-refractivity contribution >= 4 is 39.0 Å². The number of nitrogen functional groups attached to an aromatic ring is 1. The lowest BCUT2D eigenvalue weighted by Gasteiger charge is -2.11. The van der Waals surface area contributed by atoms with Crippen molar-refractivity contribution < 1.29 is 13.9 Å². The quantitative estimate of drug-likeness (QED) is 0.642. The Labute approximate surface area is 130 Å². The summed E-state index contributed by atoms with van der Waals surface area (Å²) in [5.74, 6) is -0.848. The normalized spacial score (nSPS) is 10.2. The van der Waals surface area contributed by atoms with E-state index in [1.54, 1.807) is 31.2 Å². The summed E-state index contributed by atoms with van der Waals surface area (Å²) in [6.07, 6.45) is 0. The molecule has 2 aromatic carbocycles. The summed E-state index contributed by atoms with van der Waals surface area (Å²) in [6, 6.07) is 9.18. The second kappa shape index (κ2) is 6.58. The first-order chi connectivity index (χ1) is 10.0. The van der Waals surface area contributed by atoms with E-state index in [4.69, 9.17) is 10.5 Å². The third-order valence-electron chi connectivity index (χ3n) is 2.76. The van der Waals surface area contributed by atoms with Crippen molar-refractivity contribution in [1.82, 2.24) is 0 Å². The van der Waals surface area contributed by atoms with Crippen LogP contribution < -0.4 is 11.1 Å². The maximum atomic E-state index is 13.3. The minimum absolute atomic E-state index is 0.269. The molecule has 6 heteroatoms. The first kappa shape index (κ1) is 15.3. The van der Waals surface area contributed by atoms with E-state index in [1.807, 2.05) is 0 Å². The van der Waals surface area contributed by atoms with Crippen molar-refractivity contribution in [1.29, 1.82) is 0 Å². The Morgan fingerprint density at radius 1 is 1.33 bits per heavy atom. The molecule has 0 amide bonds. The van der Waals surface area contributed by atoms with Gasteiger partial charge in [0.15, 0.2) is 0 Å². The number of halogens is 2. The average molecular weight is 353 g/mol. The Hall–Kier alpha value is -2.08. The molecule has 0 radical (unpaired) electrons. The van der Waals surface area contributed by atoms with E-state index in [9.17, 15) is 9.18 Å². The highest BCUT2D eigenvalue weighted by Gasteiger charge is 2.12. The molecule has 0 unspecified atom stereocenters. The van der Waals surface area contributed by atoms with Gasteiger partial charge >= 0.3 is 5.97 Å². The van der Waals surface area contributed by atoms with Gasteiger partial charge in [0.1, 0.15) is 5.82 Å². The van der Waals surface area contributed by atoms with Crippen LogP contribution in [0, 0.1) is 5.82 Å². The molecule has 3 N–H and O–H groups in total.